The molecule has 2 heterocycles. The molecule has 0 spiro atoms. The molecule has 1 aromatic heterocycles. The van der Waals surface area contributed by atoms with Crippen LogP contribution in [-0.4, -0.2) is 47.6 Å². The van der Waals surface area contributed by atoms with Crippen molar-refractivity contribution in [3.05, 3.63) is 88.9 Å². The minimum absolute atomic E-state index is 0.157. The molecule has 1 fully saturated rings. The second-order valence-corrected chi connectivity index (χ2v) is 9.87. The van der Waals surface area contributed by atoms with Gasteiger partial charge in [-0.15, -0.1) is 0 Å². The van der Waals surface area contributed by atoms with Crippen molar-refractivity contribution < 1.29 is 19.1 Å². The molecule has 4 rings (SSSR count). The number of pyridine rings is 1. The van der Waals surface area contributed by atoms with Crippen LogP contribution in [0.25, 0.3) is 0 Å². The van der Waals surface area contributed by atoms with Crippen LogP contribution < -0.4 is 15.5 Å². The quantitative estimate of drug-likeness (QED) is 0.355. The molecule has 0 unspecified atom stereocenters. The van der Waals surface area contributed by atoms with E-state index in [9.17, 15) is 19.1 Å². The number of carbonyl (C=O) groups excluding carboxylic acids is 1. The molecule has 1 amide bonds. The predicted molar refractivity (Wildman–Crippen MR) is 147 cm³/mol. The molecule has 1 aliphatic heterocycles. The lowest BCUT2D eigenvalue weighted by Crippen LogP contribution is -2.42. The summed E-state index contributed by atoms with van der Waals surface area (Å²) in [6.07, 6.45) is 4.58. The van der Waals surface area contributed by atoms with Gasteiger partial charge in [-0.05, 0) is 85.2 Å². The molecule has 3 N–H and O–H groups in total. The zero-order valence-corrected chi connectivity index (χ0v) is 21.9. The van der Waals surface area contributed by atoms with Crippen molar-refractivity contribution in [2.24, 2.45) is 5.92 Å². The van der Waals surface area contributed by atoms with Crippen molar-refractivity contribution in [1.82, 2.24) is 10.3 Å². The summed E-state index contributed by atoms with van der Waals surface area (Å²) < 4.78 is 13.8. The maximum atomic E-state index is 13.8. The number of nitrogens with one attached hydrogen (secondary N) is 2. The molecule has 3 aromatic rings. The van der Waals surface area contributed by atoms with Crippen molar-refractivity contribution >= 4 is 23.4 Å². The Morgan fingerprint density at radius 1 is 1.13 bits per heavy atom. The van der Waals surface area contributed by atoms with Gasteiger partial charge in [0.05, 0.1) is 0 Å². The zero-order chi connectivity index (χ0) is 27.1. The number of carbonyl (C=O) groups is 2. The summed E-state index contributed by atoms with van der Waals surface area (Å²) in [5, 5.41) is 15.8. The highest BCUT2D eigenvalue weighted by Gasteiger charge is 2.24. The third-order valence-corrected chi connectivity index (χ3v) is 7.19. The number of nitrogens with zero attached hydrogens (tertiary/aromatic N) is 2. The summed E-state index contributed by atoms with van der Waals surface area (Å²) in [4.78, 5) is 31.6. The van der Waals surface area contributed by atoms with E-state index in [0.29, 0.717) is 29.0 Å². The van der Waals surface area contributed by atoms with Crippen LogP contribution in [0.5, 0.6) is 0 Å². The Balaban J connectivity index is 1.32. The molecule has 1 atom stereocenters. The van der Waals surface area contributed by atoms with Crippen molar-refractivity contribution in [3.63, 3.8) is 0 Å². The maximum absolute atomic E-state index is 13.8. The smallest absolute Gasteiger partial charge is 0.326 e. The number of benzene rings is 2. The van der Waals surface area contributed by atoms with Gasteiger partial charge in [0.1, 0.15) is 17.7 Å². The first-order valence-corrected chi connectivity index (χ1v) is 13.2. The molecule has 0 radical (unpaired) electrons. The number of amides is 1. The molecular formula is C30H35FN4O3. The van der Waals surface area contributed by atoms with Gasteiger partial charge in [0.2, 0.25) is 0 Å². The zero-order valence-electron chi connectivity index (χ0n) is 21.9. The number of carboxylic acid groups (broad SMARTS) is 1. The average molecular weight is 519 g/mol. The molecular weight excluding hydrogens is 483 g/mol. The Bertz CT molecular complexity index is 1240. The molecule has 8 heteroatoms. The highest BCUT2D eigenvalue weighted by Crippen LogP contribution is 2.24. The summed E-state index contributed by atoms with van der Waals surface area (Å²) in [7, 11) is 0. The summed E-state index contributed by atoms with van der Waals surface area (Å²) in [5.41, 5.74) is 3.32. The van der Waals surface area contributed by atoms with Crippen molar-refractivity contribution in [2.75, 3.05) is 29.9 Å². The van der Waals surface area contributed by atoms with Gasteiger partial charge in [0.25, 0.3) is 5.91 Å². The lowest BCUT2D eigenvalue weighted by Gasteiger charge is -2.34. The Kier molecular flexibility index (Phi) is 8.94. The van der Waals surface area contributed by atoms with Crippen molar-refractivity contribution in [2.45, 2.75) is 45.6 Å². The van der Waals surface area contributed by atoms with Crippen LogP contribution in [0, 0.1) is 18.7 Å². The predicted octanol–water partition coefficient (Wildman–Crippen LogP) is 4.85. The first kappa shape index (κ1) is 27.1. The van der Waals surface area contributed by atoms with E-state index in [0.717, 1.165) is 49.5 Å². The maximum Gasteiger partial charge on any atom is 0.326 e. The van der Waals surface area contributed by atoms with Crippen LogP contribution in [-0.2, 0) is 17.6 Å². The minimum atomic E-state index is -1.11. The summed E-state index contributed by atoms with van der Waals surface area (Å²) in [6.45, 7) is 6.31. The summed E-state index contributed by atoms with van der Waals surface area (Å²) in [5.74, 6) is -0.521. The number of anilines is 2. The lowest BCUT2D eigenvalue weighted by molar-refractivity contribution is -0.139. The van der Waals surface area contributed by atoms with Gasteiger partial charge in [-0.2, -0.15) is 0 Å². The molecule has 0 bridgehead atoms. The minimum Gasteiger partial charge on any atom is -0.480 e. The van der Waals surface area contributed by atoms with E-state index >= 15 is 0 Å². The van der Waals surface area contributed by atoms with Gasteiger partial charge in [-0.3, -0.25) is 4.79 Å². The Morgan fingerprint density at radius 2 is 1.87 bits per heavy atom. The largest absolute Gasteiger partial charge is 0.480 e. The number of hydrogen-bond acceptors (Lipinski definition) is 5. The molecule has 38 heavy (non-hydrogen) atoms. The van der Waals surface area contributed by atoms with E-state index in [-0.39, 0.29) is 6.42 Å². The molecule has 200 valence electrons. The highest BCUT2D eigenvalue weighted by atomic mass is 19.1. The van der Waals surface area contributed by atoms with Crippen LogP contribution in [0.2, 0.25) is 0 Å². The number of piperidine rings is 1. The van der Waals surface area contributed by atoms with Crippen LogP contribution in [0.15, 0.2) is 60.8 Å². The SMILES string of the molecule is CCc1cc(F)cc(C)c1C(=O)N[C@@H](Cc1ccc(N2CCC(CNc3ccccn3)CC2)cc1)C(=O)O. The third kappa shape index (κ3) is 6.88. The van der Waals surface area contributed by atoms with Gasteiger partial charge < -0.3 is 20.6 Å². The van der Waals surface area contributed by atoms with E-state index in [1.807, 2.05) is 49.4 Å². The number of hydrogen-bond donors (Lipinski definition) is 3. The van der Waals surface area contributed by atoms with Crippen LogP contribution in [0.3, 0.4) is 0 Å². The number of aryl methyl sites for hydroxylation is 2. The number of carboxylic acids is 1. The fraction of sp³-hybridized carbons (Fsp3) is 0.367. The molecule has 0 aliphatic carbocycles. The van der Waals surface area contributed by atoms with E-state index < -0.39 is 23.7 Å². The van der Waals surface area contributed by atoms with Gasteiger partial charge in [0.15, 0.2) is 0 Å². The van der Waals surface area contributed by atoms with Crippen molar-refractivity contribution in [3.8, 4) is 0 Å². The lowest BCUT2D eigenvalue weighted by atomic mass is 9.96. The second kappa shape index (κ2) is 12.5. The van der Waals surface area contributed by atoms with Crippen LogP contribution in [0.1, 0.15) is 46.8 Å². The van der Waals surface area contributed by atoms with Crippen LogP contribution >= 0.6 is 0 Å². The number of rotatable bonds is 10. The van der Waals surface area contributed by atoms with E-state index in [2.05, 4.69) is 20.5 Å². The summed E-state index contributed by atoms with van der Waals surface area (Å²) in [6, 6.07) is 15.3. The summed E-state index contributed by atoms with van der Waals surface area (Å²) >= 11 is 0. The van der Waals surface area contributed by atoms with Gasteiger partial charge in [-0.1, -0.05) is 25.1 Å². The third-order valence-electron chi connectivity index (χ3n) is 7.19. The number of halogens is 1. The van der Waals surface area contributed by atoms with E-state index in [4.69, 9.17) is 0 Å². The van der Waals surface area contributed by atoms with E-state index in [1.54, 1.807) is 13.1 Å². The molecule has 7 nitrogen and oxygen atoms in total. The Hall–Kier alpha value is -3.94. The molecule has 1 aliphatic rings. The molecule has 1 saturated heterocycles. The monoisotopic (exact) mass is 518 g/mol. The number of aromatic nitrogens is 1. The fourth-order valence-corrected chi connectivity index (χ4v) is 5.04. The van der Waals surface area contributed by atoms with E-state index in [1.165, 1.54) is 12.1 Å². The standard InChI is InChI=1S/C30H35FN4O3/c1-3-23-18-24(31)16-20(2)28(23)29(36)34-26(30(37)38)17-21-7-9-25(10-8-21)35-14-11-22(12-15-35)19-33-27-6-4-5-13-32-27/h4-10,13,16,18,22,26H,3,11-12,14-15,17,19H2,1-2H3,(H,32,33)(H,34,36)(H,37,38)/t26-/m0/s1. The topological polar surface area (TPSA) is 94.6 Å². The highest BCUT2D eigenvalue weighted by molar-refractivity contribution is 5.99. The normalized spacial score (nSPS) is 14.7. The molecule has 2 aromatic carbocycles. The fourth-order valence-electron chi connectivity index (χ4n) is 5.04. The second-order valence-electron chi connectivity index (χ2n) is 9.87. The Labute approximate surface area is 223 Å². The van der Waals surface area contributed by atoms with Crippen LogP contribution in [0.4, 0.5) is 15.9 Å². The Morgan fingerprint density at radius 3 is 2.50 bits per heavy atom. The van der Waals surface area contributed by atoms with Crippen molar-refractivity contribution in [1.29, 1.82) is 0 Å². The van der Waals surface area contributed by atoms with Gasteiger partial charge >= 0.3 is 5.97 Å². The van der Waals surface area contributed by atoms with Gasteiger partial charge in [0, 0.05) is 43.5 Å². The first-order chi connectivity index (χ1) is 18.3. The molecule has 0 saturated carbocycles. The first-order valence-electron chi connectivity index (χ1n) is 13.2. The number of aliphatic carboxylic acids is 1. The van der Waals surface area contributed by atoms with Gasteiger partial charge in [-0.25, -0.2) is 14.2 Å². The average Bonchev–Trinajstić information content (AvgIpc) is 2.92.